The second-order valence-corrected chi connectivity index (χ2v) is 11.6. The normalized spacial score (nSPS) is 13.5. The number of rotatable bonds is 9. The molecule has 0 aliphatic carbocycles. The molecule has 14 heteroatoms. The van der Waals surface area contributed by atoms with Crippen molar-refractivity contribution in [1.29, 1.82) is 0 Å². The summed E-state index contributed by atoms with van der Waals surface area (Å²) in [6.45, 7) is 2.44. The number of carbonyl (C=O) groups excluding carboxylic acids is 4. The third kappa shape index (κ3) is 5.59. The Labute approximate surface area is 284 Å². The molecule has 0 spiro atoms. The molecule has 0 atom stereocenters. The molecule has 0 saturated heterocycles. The van der Waals surface area contributed by atoms with Crippen LogP contribution in [-0.4, -0.2) is 65.8 Å². The number of pyridine rings is 2. The maximum absolute atomic E-state index is 14.0. The van der Waals surface area contributed by atoms with Gasteiger partial charge in [-0.15, -0.1) is 0 Å². The van der Waals surface area contributed by atoms with Gasteiger partial charge in [-0.25, -0.2) is 4.79 Å². The molecule has 0 fully saturated rings. The van der Waals surface area contributed by atoms with Crippen LogP contribution in [0.2, 0.25) is 0 Å². The van der Waals surface area contributed by atoms with Gasteiger partial charge in [-0.05, 0) is 43.7 Å². The highest BCUT2D eigenvalue weighted by atomic mass is 16.7. The summed E-state index contributed by atoms with van der Waals surface area (Å²) in [5.41, 5.74) is 1.71. The molecule has 2 aliphatic rings. The number of hydrogen-bond donors (Lipinski definition) is 1. The van der Waals surface area contributed by atoms with Crippen LogP contribution < -0.4 is 34.7 Å². The van der Waals surface area contributed by atoms with E-state index >= 15 is 0 Å². The summed E-state index contributed by atoms with van der Waals surface area (Å²) in [6, 6.07) is 13.4. The number of ether oxygens (including phenoxy) is 4. The summed E-state index contributed by atoms with van der Waals surface area (Å²) >= 11 is 0. The molecule has 4 heterocycles. The van der Waals surface area contributed by atoms with Crippen molar-refractivity contribution >= 4 is 67.8 Å². The van der Waals surface area contributed by atoms with Gasteiger partial charge in [0.2, 0.25) is 12.7 Å². The van der Waals surface area contributed by atoms with Crippen LogP contribution >= 0.6 is 0 Å². The Hall–Kier alpha value is -6.44. The number of nitrogens with zero attached hydrogens (tertiary/aromatic N) is 4. The smallest absolute Gasteiger partial charge is 0.419 e. The van der Waals surface area contributed by atoms with Gasteiger partial charge in [-0.3, -0.25) is 34.0 Å². The second kappa shape index (κ2) is 12.9. The standard InChI is InChI=1S/C36H31N5O9/c1-4-40-34-22-16-28-29(49-19-48-28)17-25(22)37-18-23(34)20-14-27(47-3)30(15-21(20)35(40)45)50-36(46)39(2)26-9-6-5-8-24(26)38-31(42)10-7-13-41-32(43)11-12-33(41)44/h5-6,8-9,11-12,14-18H,4,7,10,13,19H2,1-3H3,(H,38,42). The Balaban J connectivity index is 1.16. The minimum atomic E-state index is -0.803. The van der Waals surface area contributed by atoms with Crippen molar-refractivity contribution in [3.05, 3.63) is 77.2 Å². The molecular formula is C36H31N5O9. The van der Waals surface area contributed by atoms with E-state index in [1.165, 1.54) is 37.3 Å². The summed E-state index contributed by atoms with van der Waals surface area (Å²) in [5.74, 6) is 0.206. The van der Waals surface area contributed by atoms with Crippen LogP contribution in [0.25, 0.3) is 32.6 Å². The number of amides is 4. The predicted octanol–water partition coefficient (Wildman–Crippen LogP) is 4.74. The lowest BCUT2D eigenvalue weighted by atomic mass is 10.0. The molecular weight excluding hydrogens is 646 g/mol. The Morgan fingerprint density at radius 1 is 0.940 bits per heavy atom. The summed E-state index contributed by atoms with van der Waals surface area (Å²) in [6.07, 6.45) is 3.58. The summed E-state index contributed by atoms with van der Waals surface area (Å²) in [7, 11) is 2.92. The van der Waals surface area contributed by atoms with Gasteiger partial charge in [-0.2, -0.15) is 0 Å². The molecule has 4 amide bonds. The van der Waals surface area contributed by atoms with Gasteiger partial charge >= 0.3 is 6.09 Å². The van der Waals surface area contributed by atoms with E-state index in [0.29, 0.717) is 56.6 Å². The number of anilines is 2. The van der Waals surface area contributed by atoms with E-state index in [2.05, 4.69) is 10.3 Å². The topological polar surface area (TPSA) is 159 Å². The van der Waals surface area contributed by atoms with Crippen molar-refractivity contribution in [3.8, 4) is 23.0 Å². The quantitative estimate of drug-likeness (QED) is 0.171. The molecule has 0 bridgehead atoms. The first-order valence-electron chi connectivity index (χ1n) is 15.8. The number of nitrogens with one attached hydrogen (secondary N) is 1. The Bertz CT molecular complexity index is 2330. The Kier molecular flexibility index (Phi) is 8.27. The number of hydrogen-bond acceptors (Lipinski definition) is 10. The Morgan fingerprint density at radius 3 is 2.40 bits per heavy atom. The van der Waals surface area contributed by atoms with Crippen molar-refractivity contribution in [3.63, 3.8) is 0 Å². The highest BCUT2D eigenvalue weighted by Gasteiger charge is 2.25. The second-order valence-electron chi connectivity index (χ2n) is 11.6. The highest BCUT2D eigenvalue weighted by molar-refractivity contribution is 6.15. The van der Waals surface area contributed by atoms with Crippen LogP contribution in [0.1, 0.15) is 19.8 Å². The third-order valence-corrected chi connectivity index (χ3v) is 8.69. The van der Waals surface area contributed by atoms with Gasteiger partial charge in [0.1, 0.15) is 0 Å². The lowest BCUT2D eigenvalue weighted by molar-refractivity contribution is -0.137. The summed E-state index contributed by atoms with van der Waals surface area (Å²) < 4.78 is 24.2. The zero-order chi connectivity index (χ0) is 35.1. The average Bonchev–Trinajstić information content (AvgIpc) is 3.71. The molecule has 50 heavy (non-hydrogen) atoms. The van der Waals surface area contributed by atoms with E-state index in [1.807, 2.05) is 13.0 Å². The van der Waals surface area contributed by atoms with Crippen molar-refractivity contribution in [2.45, 2.75) is 26.3 Å². The molecule has 5 aromatic rings. The van der Waals surface area contributed by atoms with Crippen molar-refractivity contribution < 1.29 is 38.1 Å². The lowest BCUT2D eigenvalue weighted by Gasteiger charge is -2.21. The van der Waals surface area contributed by atoms with E-state index in [1.54, 1.807) is 47.2 Å². The zero-order valence-corrected chi connectivity index (χ0v) is 27.3. The van der Waals surface area contributed by atoms with Gasteiger partial charge in [0.15, 0.2) is 23.0 Å². The van der Waals surface area contributed by atoms with Gasteiger partial charge in [0, 0.05) is 67.1 Å². The first-order valence-corrected chi connectivity index (χ1v) is 15.8. The fourth-order valence-corrected chi connectivity index (χ4v) is 6.20. The SMILES string of the molecule is CCn1c(=O)c2cc(OC(=O)N(C)c3ccccc3NC(=O)CCCN3C(=O)C=CC3=O)c(OC)cc2c2cnc3cc4c(cc3c21)OCO4. The number of carbonyl (C=O) groups is 4. The molecule has 1 N–H and O–H groups in total. The highest BCUT2D eigenvalue weighted by Crippen LogP contribution is 2.40. The molecule has 3 aromatic carbocycles. The van der Waals surface area contributed by atoms with Crippen LogP contribution in [-0.2, 0) is 20.9 Å². The van der Waals surface area contributed by atoms with E-state index in [-0.39, 0.29) is 49.1 Å². The average molecular weight is 678 g/mol. The maximum Gasteiger partial charge on any atom is 0.419 e. The molecule has 254 valence electrons. The van der Waals surface area contributed by atoms with Crippen molar-refractivity contribution in [1.82, 2.24) is 14.5 Å². The largest absolute Gasteiger partial charge is 0.493 e. The number of methoxy groups -OCH3 is 1. The zero-order valence-electron chi connectivity index (χ0n) is 27.3. The fraction of sp³-hybridized carbons (Fsp3) is 0.222. The van der Waals surface area contributed by atoms with Crippen LogP contribution in [0.15, 0.2) is 71.7 Å². The molecule has 2 aliphatic heterocycles. The molecule has 2 aromatic heterocycles. The predicted molar refractivity (Wildman–Crippen MR) is 184 cm³/mol. The van der Waals surface area contributed by atoms with Crippen LogP contribution in [0.3, 0.4) is 0 Å². The van der Waals surface area contributed by atoms with E-state index in [4.69, 9.17) is 18.9 Å². The number of imide groups is 1. The lowest BCUT2D eigenvalue weighted by Crippen LogP contribution is -2.32. The fourth-order valence-electron chi connectivity index (χ4n) is 6.20. The maximum atomic E-state index is 14.0. The minimum Gasteiger partial charge on any atom is -0.493 e. The molecule has 14 nitrogen and oxygen atoms in total. The van der Waals surface area contributed by atoms with Crippen molar-refractivity contribution in [2.75, 3.05) is 37.7 Å². The summed E-state index contributed by atoms with van der Waals surface area (Å²) in [5, 5.41) is 5.07. The van der Waals surface area contributed by atoms with Gasteiger partial charge in [0.05, 0.1) is 34.9 Å². The molecule has 0 radical (unpaired) electrons. The first-order chi connectivity index (χ1) is 24.2. The summed E-state index contributed by atoms with van der Waals surface area (Å²) in [4.78, 5) is 70.8. The number of para-hydroxylation sites is 2. The van der Waals surface area contributed by atoms with Crippen LogP contribution in [0, 0.1) is 0 Å². The monoisotopic (exact) mass is 677 g/mol. The Morgan fingerprint density at radius 2 is 1.66 bits per heavy atom. The molecule has 0 saturated carbocycles. The van der Waals surface area contributed by atoms with Crippen LogP contribution in [0.5, 0.6) is 23.0 Å². The van der Waals surface area contributed by atoms with E-state index in [9.17, 15) is 24.0 Å². The first kappa shape index (κ1) is 32.1. The van der Waals surface area contributed by atoms with Crippen molar-refractivity contribution in [2.24, 2.45) is 0 Å². The van der Waals surface area contributed by atoms with Gasteiger partial charge in [0.25, 0.3) is 17.4 Å². The van der Waals surface area contributed by atoms with E-state index in [0.717, 1.165) is 10.3 Å². The van der Waals surface area contributed by atoms with Gasteiger partial charge in [-0.1, -0.05) is 12.1 Å². The van der Waals surface area contributed by atoms with E-state index < -0.39 is 17.9 Å². The molecule has 7 rings (SSSR count). The third-order valence-electron chi connectivity index (χ3n) is 8.69. The van der Waals surface area contributed by atoms with Crippen LogP contribution in [0.4, 0.5) is 16.2 Å². The number of benzene rings is 3. The number of aryl methyl sites for hydroxylation is 1. The number of fused-ring (bicyclic) bond motifs is 6. The minimum absolute atomic E-state index is 0.0232. The number of aromatic nitrogens is 2. The molecule has 0 unspecified atom stereocenters. The van der Waals surface area contributed by atoms with Gasteiger partial charge < -0.3 is 28.8 Å².